The molecule has 0 N–H and O–H groups in total. The van der Waals surface area contributed by atoms with E-state index >= 15 is 0 Å². The van der Waals surface area contributed by atoms with E-state index in [0.717, 1.165) is 33.8 Å². The molecule has 5 heteroatoms. The van der Waals surface area contributed by atoms with Crippen LogP contribution in [-0.2, 0) is 6.61 Å². The van der Waals surface area contributed by atoms with Crippen LogP contribution in [0.4, 0.5) is 0 Å². The zero-order valence-electron chi connectivity index (χ0n) is 14.1. The highest BCUT2D eigenvalue weighted by Crippen LogP contribution is 2.28. The molecular formula is C21H16Cl2N2O. The van der Waals surface area contributed by atoms with Crippen molar-refractivity contribution in [2.45, 2.75) is 13.5 Å². The van der Waals surface area contributed by atoms with Crippen LogP contribution < -0.4 is 4.74 Å². The monoisotopic (exact) mass is 382 g/mol. The van der Waals surface area contributed by atoms with Crippen LogP contribution in [0.2, 0.25) is 10.0 Å². The molecule has 0 bridgehead atoms. The van der Waals surface area contributed by atoms with Gasteiger partial charge >= 0.3 is 0 Å². The Morgan fingerprint density at radius 3 is 2.69 bits per heavy atom. The van der Waals surface area contributed by atoms with Gasteiger partial charge in [0.05, 0.1) is 21.9 Å². The molecule has 0 fully saturated rings. The predicted molar refractivity (Wildman–Crippen MR) is 106 cm³/mol. The quantitative estimate of drug-likeness (QED) is 0.420. The number of aryl methyl sites for hydroxylation is 1. The molecule has 0 radical (unpaired) electrons. The van der Waals surface area contributed by atoms with Gasteiger partial charge in [-0.1, -0.05) is 35.3 Å². The van der Waals surface area contributed by atoms with E-state index < -0.39 is 0 Å². The zero-order valence-corrected chi connectivity index (χ0v) is 15.6. The normalized spacial score (nSPS) is 11.0. The summed E-state index contributed by atoms with van der Waals surface area (Å²) in [5.74, 6) is 0.841. The van der Waals surface area contributed by atoms with Crippen LogP contribution in [0.15, 0.2) is 67.0 Å². The van der Waals surface area contributed by atoms with Gasteiger partial charge in [-0.2, -0.15) is 0 Å². The van der Waals surface area contributed by atoms with Crippen LogP contribution >= 0.6 is 23.2 Å². The number of ether oxygens (including phenoxy) is 1. The lowest BCUT2D eigenvalue weighted by Crippen LogP contribution is -1.97. The minimum Gasteiger partial charge on any atom is -0.489 e. The highest BCUT2D eigenvalue weighted by atomic mass is 35.5. The van der Waals surface area contributed by atoms with Crippen molar-refractivity contribution in [3.8, 4) is 17.0 Å². The Bertz CT molecular complexity index is 1090. The summed E-state index contributed by atoms with van der Waals surface area (Å²) in [7, 11) is 0. The highest BCUT2D eigenvalue weighted by molar-refractivity contribution is 6.42. The van der Waals surface area contributed by atoms with Gasteiger partial charge in [0.1, 0.15) is 18.0 Å². The van der Waals surface area contributed by atoms with Crippen LogP contribution in [0.5, 0.6) is 5.75 Å². The minimum absolute atomic E-state index is 0.437. The first-order valence-corrected chi connectivity index (χ1v) is 8.97. The Labute approximate surface area is 161 Å². The Kier molecular flexibility index (Phi) is 4.58. The molecule has 4 aromatic rings. The third-order valence-electron chi connectivity index (χ3n) is 4.27. The second-order valence-electron chi connectivity index (χ2n) is 6.09. The lowest BCUT2D eigenvalue weighted by molar-refractivity contribution is 0.304. The van der Waals surface area contributed by atoms with Crippen molar-refractivity contribution in [3.63, 3.8) is 0 Å². The van der Waals surface area contributed by atoms with Crippen molar-refractivity contribution in [1.29, 1.82) is 0 Å². The number of fused-ring (bicyclic) bond motifs is 1. The second kappa shape index (κ2) is 7.02. The number of hydrogen-bond donors (Lipinski definition) is 0. The Morgan fingerprint density at radius 2 is 1.88 bits per heavy atom. The fourth-order valence-corrected chi connectivity index (χ4v) is 3.23. The summed E-state index contributed by atoms with van der Waals surface area (Å²) in [4.78, 5) is 4.45. The fraction of sp³-hybridized carbons (Fsp3) is 0.0952. The van der Waals surface area contributed by atoms with Crippen LogP contribution in [0.3, 0.4) is 0 Å². The first kappa shape index (κ1) is 17.0. The third-order valence-corrected chi connectivity index (χ3v) is 5.01. The third kappa shape index (κ3) is 3.28. The molecule has 26 heavy (non-hydrogen) atoms. The van der Waals surface area contributed by atoms with Gasteiger partial charge in [0.15, 0.2) is 0 Å². The molecular weight excluding hydrogens is 367 g/mol. The van der Waals surface area contributed by atoms with Gasteiger partial charge in [-0.25, -0.2) is 4.98 Å². The number of imidazole rings is 1. The Balaban J connectivity index is 1.57. The first-order chi connectivity index (χ1) is 12.6. The average Bonchev–Trinajstić information content (AvgIpc) is 3.07. The highest BCUT2D eigenvalue weighted by Gasteiger charge is 2.08. The van der Waals surface area contributed by atoms with Gasteiger partial charge in [0, 0.05) is 11.8 Å². The number of rotatable bonds is 4. The van der Waals surface area contributed by atoms with Crippen molar-refractivity contribution in [2.75, 3.05) is 0 Å². The number of hydrogen-bond acceptors (Lipinski definition) is 2. The van der Waals surface area contributed by atoms with Gasteiger partial charge in [-0.15, -0.1) is 0 Å². The zero-order chi connectivity index (χ0) is 18.1. The lowest BCUT2D eigenvalue weighted by Gasteiger charge is -2.11. The van der Waals surface area contributed by atoms with Gasteiger partial charge in [0.25, 0.3) is 0 Å². The summed E-state index contributed by atoms with van der Waals surface area (Å²) in [6, 6.07) is 17.6. The van der Waals surface area contributed by atoms with Crippen molar-refractivity contribution < 1.29 is 4.74 Å². The van der Waals surface area contributed by atoms with Crippen molar-refractivity contribution in [1.82, 2.24) is 9.38 Å². The first-order valence-electron chi connectivity index (χ1n) is 8.21. The van der Waals surface area contributed by atoms with Gasteiger partial charge in [0.2, 0.25) is 0 Å². The SMILES string of the molecule is Cc1cc(-c2cnc3ccccn23)ccc1OCc1ccc(Cl)c(Cl)c1. The Hall–Kier alpha value is -2.49. The summed E-state index contributed by atoms with van der Waals surface area (Å²) < 4.78 is 8.03. The number of halogens is 2. The maximum atomic E-state index is 6.06. The van der Waals surface area contributed by atoms with Crippen molar-refractivity contribution in [3.05, 3.63) is 88.2 Å². The predicted octanol–water partition coefficient (Wildman–Crippen LogP) is 6.20. The van der Waals surface area contributed by atoms with E-state index in [2.05, 4.69) is 15.5 Å². The van der Waals surface area contributed by atoms with Crippen molar-refractivity contribution >= 4 is 28.8 Å². The number of nitrogens with zero attached hydrogens (tertiary/aromatic N) is 2. The van der Waals surface area contributed by atoms with Crippen LogP contribution in [0, 0.1) is 6.92 Å². The van der Waals surface area contributed by atoms with Crippen LogP contribution in [-0.4, -0.2) is 9.38 Å². The summed E-state index contributed by atoms with van der Waals surface area (Å²) in [6.45, 7) is 2.48. The summed E-state index contributed by atoms with van der Waals surface area (Å²) in [5, 5.41) is 1.08. The van der Waals surface area contributed by atoms with E-state index in [4.69, 9.17) is 27.9 Å². The topological polar surface area (TPSA) is 26.5 Å². The molecule has 3 nitrogen and oxygen atoms in total. The fourth-order valence-electron chi connectivity index (χ4n) is 2.91. The molecule has 2 aromatic carbocycles. The number of aromatic nitrogens is 2. The molecule has 2 aromatic heterocycles. The second-order valence-corrected chi connectivity index (χ2v) is 6.90. The summed E-state index contributed by atoms with van der Waals surface area (Å²) in [5.41, 5.74) is 5.13. The maximum absolute atomic E-state index is 6.06. The minimum atomic E-state index is 0.437. The molecule has 0 aliphatic carbocycles. The van der Waals surface area contributed by atoms with Gasteiger partial charge in [-0.3, -0.25) is 4.40 Å². The number of pyridine rings is 1. The molecule has 0 atom stereocenters. The van der Waals surface area contributed by atoms with Crippen LogP contribution in [0.1, 0.15) is 11.1 Å². The molecule has 0 aliphatic heterocycles. The summed E-state index contributed by atoms with van der Waals surface area (Å²) in [6.07, 6.45) is 3.90. The molecule has 0 amide bonds. The molecule has 0 saturated carbocycles. The molecule has 0 saturated heterocycles. The van der Waals surface area contributed by atoms with Gasteiger partial charge < -0.3 is 4.74 Å². The smallest absolute Gasteiger partial charge is 0.137 e. The van der Waals surface area contributed by atoms with Crippen molar-refractivity contribution in [2.24, 2.45) is 0 Å². The number of benzene rings is 2. The molecule has 130 valence electrons. The van der Waals surface area contributed by atoms with E-state index in [0.29, 0.717) is 16.7 Å². The summed E-state index contributed by atoms with van der Waals surface area (Å²) >= 11 is 12.0. The largest absolute Gasteiger partial charge is 0.489 e. The van der Waals surface area contributed by atoms with E-state index in [-0.39, 0.29) is 0 Å². The van der Waals surface area contributed by atoms with Crippen LogP contribution in [0.25, 0.3) is 16.9 Å². The molecule has 0 aliphatic rings. The van der Waals surface area contributed by atoms with E-state index in [1.54, 1.807) is 6.07 Å². The molecule has 4 rings (SSSR count). The van der Waals surface area contributed by atoms with E-state index in [9.17, 15) is 0 Å². The van der Waals surface area contributed by atoms with E-state index in [1.165, 1.54) is 0 Å². The standard InChI is InChI=1S/C21H16Cl2N2O/c1-14-10-16(19-12-24-21-4-2-3-9-25(19)21)6-8-20(14)26-13-15-5-7-17(22)18(23)11-15/h2-12H,13H2,1H3. The molecule has 0 unspecified atom stereocenters. The maximum Gasteiger partial charge on any atom is 0.137 e. The average molecular weight is 383 g/mol. The Morgan fingerprint density at radius 1 is 1.00 bits per heavy atom. The van der Waals surface area contributed by atoms with E-state index in [1.807, 2.05) is 61.8 Å². The lowest BCUT2D eigenvalue weighted by atomic mass is 10.1. The van der Waals surface area contributed by atoms with Gasteiger partial charge in [-0.05, 0) is 60.5 Å². The molecule has 0 spiro atoms. The molecule has 2 heterocycles.